The maximum atomic E-state index is 11.1. The Morgan fingerprint density at radius 3 is 2.91 bits per heavy atom. The lowest BCUT2D eigenvalue weighted by molar-refractivity contribution is -0.116. The summed E-state index contributed by atoms with van der Waals surface area (Å²) >= 11 is 0. The first-order chi connectivity index (χ1) is 5.24. The highest BCUT2D eigenvalue weighted by Gasteiger charge is 2.21. The fourth-order valence-electron chi connectivity index (χ4n) is 1.28. The first kappa shape index (κ1) is 8.31. The van der Waals surface area contributed by atoms with Gasteiger partial charge in [-0.05, 0) is 19.8 Å². The Balaban J connectivity index is 2.52. The number of hydrogen-bond donors (Lipinski definition) is 1. The van der Waals surface area contributed by atoms with Crippen molar-refractivity contribution >= 4 is 5.91 Å². The predicted molar refractivity (Wildman–Crippen MR) is 45.2 cm³/mol. The minimum absolute atomic E-state index is 0.131. The maximum absolute atomic E-state index is 11.1. The summed E-state index contributed by atoms with van der Waals surface area (Å²) in [6.45, 7) is 4.15. The van der Waals surface area contributed by atoms with Crippen molar-refractivity contribution < 1.29 is 4.79 Å². The van der Waals surface area contributed by atoms with E-state index in [4.69, 9.17) is 0 Å². The normalized spacial score (nSPS) is 27.6. The van der Waals surface area contributed by atoms with Crippen LogP contribution in [0.25, 0.3) is 0 Å². The number of carbonyl (C=O) groups is 1. The molecule has 0 saturated carbocycles. The number of carbonyl (C=O) groups excluding carboxylic acids is 1. The molecule has 1 atom stereocenters. The van der Waals surface area contributed by atoms with Crippen LogP contribution in [0.15, 0.2) is 11.6 Å². The highest BCUT2D eigenvalue weighted by molar-refractivity contribution is 5.95. The monoisotopic (exact) mass is 153 g/mol. The molecule has 0 aromatic carbocycles. The highest BCUT2D eigenvalue weighted by Crippen LogP contribution is 2.14. The molecule has 1 fully saturated rings. The van der Waals surface area contributed by atoms with Crippen LogP contribution < -0.4 is 5.32 Å². The first-order valence-electron chi connectivity index (χ1n) is 4.24. The van der Waals surface area contributed by atoms with E-state index in [-0.39, 0.29) is 5.91 Å². The van der Waals surface area contributed by atoms with Gasteiger partial charge in [-0.1, -0.05) is 19.4 Å². The third-order valence-electron chi connectivity index (χ3n) is 1.87. The van der Waals surface area contributed by atoms with Gasteiger partial charge in [-0.2, -0.15) is 0 Å². The van der Waals surface area contributed by atoms with E-state index in [0.717, 1.165) is 24.8 Å². The number of rotatable bonds is 2. The molecule has 1 heterocycles. The summed E-state index contributed by atoms with van der Waals surface area (Å²) in [5.41, 5.74) is 0.972. The molecule has 1 rings (SSSR count). The summed E-state index contributed by atoms with van der Waals surface area (Å²) in [5.74, 6) is 0.131. The van der Waals surface area contributed by atoms with Crippen molar-refractivity contribution in [1.82, 2.24) is 5.32 Å². The van der Waals surface area contributed by atoms with E-state index in [2.05, 4.69) is 18.3 Å². The summed E-state index contributed by atoms with van der Waals surface area (Å²) in [6.07, 6.45) is 5.10. The summed E-state index contributed by atoms with van der Waals surface area (Å²) < 4.78 is 0. The molecule has 2 nitrogen and oxygen atoms in total. The Hall–Kier alpha value is -0.790. The van der Waals surface area contributed by atoms with Crippen molar-refractivity contribution in [1.29, 1.82) is 0 Å². The van der Waals surface area contributed by atoms with Crippen LogP contribution in [0.4, 0.5) is 0 Å². The van der Waals surface area contributed by atoms with Crippen LogP contribution in [0.5, 0.6) is 0 Å². The largest absolute Gasteiger partial charge is 0.350 e. The molecular weight excluding hydrogens is 138 g/mol. The Labute approximate surface area is 67.7 Å². The fourth-order valence-corrected chi connectivity index (χ4v) is 1.28. The Bertz CT molecular complexity index is 184. The van der Waals surface area contributed by atoms with Gasteiger partial charge in [-0.25, -0.2) is 0 Å². The molecular formula is C9H15NO. The first-order valence-corrected chi connectivity index (χ1v) is 4.24. The molecule has 0 radical (unpaired) electrons. The molecule has 0 aliphatic carbocycles. The van der Waals surface area contributed by atoms with E-state index in [1.54, 1.807) is 0 Å². The summed E-state index contributed by atoms with van der Waals surface area (Å²) in [6, 6.07) is 0.339. The lowest BCUT2D eigenvalue weighted by atomic mass is 10.1. The molecule has 1 aliphatic rings. The van der Waals surface area contributed by atoms with Crippen molar-refractivity contribution in [3.8, 4) is 0 Å². The van der Waals surface area contributed by atoms with Crippen LogP contribution >= 0.6 is 0 Å². The zero-order valence-corrected chi connectivity index (χ0v) is 7.18. The van der Waals surface area contributed by atoms with Crippen molar-refractivity contribution in [3.63, 3.8) is 0 Å². The van der Waals surface area contributed by atoms with Crippen LogP contribution in [0.2, 0.25) is 0 Å². The molecule has 1 N–H and O–H groups in total. The molecule has 0 aromatic heterocycles. The maximum Gasteiger partial charge on any atom is 0.247 e. The number of unbranched alkanes of at least 4 members (excludes halogenated alkanes) is 1. The van der Waals surface area contributed by atoms with Gasteiger partial charge in [-0.3, -0.25) is 4.79 Å². The summed E-state index contributed by atoms with van der Waals surface area (Å²) in [7, 11) is 0. The van der Waals surface area contributed by atoms with Gasteiger partial charge in [-0.15, -0.1) is 0 Å². The van der Waals surface area contributed by atoms with Crippen LogP contribution in [0.1, 0.15) is 33.1 Å². The summed E-state index contributed by atoms with van der Waals surface area (Å²) in [4.78, 5) is 11.1. The minimum Gasteiger partial charge on any atom is -0.350 e. The van der Waals surface area contributed by atoms with Gasteiger partial charge < -0.3 is 5.32 Å². The molecule has 0 bridgehead atoms. The van der Waals surface area contributed by atoms with Crippen molar-refractivity contribution in [3.05, 3.63) is 11.6 Å². The SMILES string of the molecule is CCCC=C1CC(C)NC1=O. The van der Waals surface area contributed by atoms with Gasteiger partial charge >= 0.3 is 0 Å². The Kier molecular flexibility index (Phi) is 2.69. The number of hydrogen-bond acceptors (Lipinski definition) is 1. The number of allylic oxidation sites excluding steroid dienone is 1. The van der Waals surface area contributed by atoms with Gasteiger partial charge in [0.2, 0.25) is 5.91 Å². The van der Waals surface area contributed by atoms with Crippen molar-refractivity contribution in [2.24, 2.45) is 0 Å². The smallest absolute Gasteiger partial charge is 0.247 e. The second-order valence-electron chi connectivity index (χ2n) is 3.10. The fraction of sp³-hybridized carbons (Fsp3) is 0.667. The molecule has 1 aliphatic heterocycles. The van der Waals surface area contributed by atoms with Gasteiger partial charge in [0, 0.05) is 11.6 Å². The lowest BCUT2D eigenvalue weighted by Gasteiger charge is -1.95. The topological polar surface area (TPSA) is 29.1 Å². The second-order valence-corrected chi connectivity index (χ2v) is 3.10. The number of nitrogens with one attached hydrogen (secondary N) is 1. The van der Waals surface area contributed by atoms with E-state index in [9.17, 15) is 4.79 Å². The van der Waals surface area contributed by atoms with Crippen LogP contribution in [0.3, 0.4) is 0 Å². The standard InChI is InChI=1S/C9H15NO/c1-3-4-5-8-6-7(2)10-9(8)11/h5,7H,3-4,6H2,1-2H3,(H,10,11). The van der Waals surface area contributed by atoms with Gasteiger partial charge in [0.05, 0.1) is 0 Å². The highest BCUT2D eigenvalue weighted by atomic mass is 16.2. The number of amides is 1. The van der Waals surface area contributed by atoms with E-state index >= 15 is 0 Å². The molecule has 1 saturated heterocycles. The Morgan fingerprint density at radius 1 is 1.73 bits per heavy atom. The molecule has 1 amide bonds. The van der Waals surface area contributed by atoms with Crippen molar-refractivity contribution in [2.75, 3.05) is 0 Å². The average Bonchev–Trinajstić information content (AvgIpc) is 2.26. The van der Waals surface area contributed by atoms with Crippen LogP contribution in [-0.2, 0) is 4.79 Å². The van der Waals surface area contributed by atoms with Gasteiger partial charge in [0.1, 0.15) is 0 Å². The molecule has 2 heteroatoms. The quantitative estimate of drug-likeness (QED) is 0.600. The van der Waals surface area contributed by atoms with E-state index in [0.29, 0.717) is 6.04 Å². The summed E-state index contributed by atoms with van der Waals surface area (Å²) in [5, 5.41) is 2.87. The van der Waals surface area contributed by atoms with Crippen LogP contribution in [-0.4, -0.2) is 11.9 Å². The molecule has 0 spiro atoms. The van der Waals surface area contributed by atoms with Crippen LogP contribution in [0, 0.1) is 0 Å². The zero-order chi connectivity index (χ0) is 8.27. The lowest BCUT2D eigenvalue weighted by Crippen LogP contribution is -2.21. The third-order valence-corrected chi connectivity index (χ3v) is 1.87. The van der Waals surface area contributed by atoms with E-state index in [1.165, 1.54) is 0 Å². The Morgan fingerprint density at radius 2 is 2.45 bits per heavy atom. The molecule has 62 valence electrons. The molecule has 0 aromatic rings. The van der Waals surface area contributed by atoms with Crippen molar-refractivity contribution in [2.45, 2.75) is 39.2 Å². The van der Waals surface area contributed by atoms with Gasteiger partial charge in [0.15, 0.2) is 0 Å². The molecule has 11 heavy (non-hydrogen) atoms. The predicted octanol–water partition coefficient (Wildman–Crippen LogP) is 1.62. The second kappa shape index (κ2) is 3.56. The van der Waals surface area contributed by atoms with E-state index < -0.39 is 0 Å². The zero-order valence-electron chi connectivity index (χ0n) is 7.18. The average molecular weight is 153 g/mol. The minimum atomic E-state index is 0.131. The van der Waals surface area contributed by atoms with Gasteiger partial charge in [0.25, 0.3) is 0 Å². The van der Waals surface area contributed by atoms with E-state index in [1.807, 2.05) is 6.92 Å². The third kappa shape index (κ3) is 2.07. The molecule has 1 unspecified atom stereocenters.